The smallest absolute Gasteiger partial charge is 0.285 e. The largest absolute Gasteiger partial charge is 0.455 e. The molecule has 210 valence electrons. The third-order valence-electron chi connectivity index (χ3n) is 6.45. The van der Waals surface area contributed by atoms with E-state index >= 15 is 0 Å². The third-order valence-corrected chi connectivity index (χ3v) is 7.97. The van der Waals surface area contributed by atoms with Crippen molar-refractivity contribution in [2.75, 3.05) is 5.32 Å². The van der Waals surface area contributed by atoms with E-state index in [4.69, 9.17) is 16.0 Å². The van der Waals surface area contributed by atoms with Crippen molar-refractivity contribution in [2.45, 2.75) is 31.7 Å². The number of fused-ring (bicyclic) bond motifs is 1. The van der Waals surface area contributed by atoms with Crippen molar-refractivity contribution in [1.29, 1.82) is 0 Å². The van der Waals surface area contributed by atoms with Crippen LogP contribution >= 0.6 is 11.6 Å². The van der Waals surface area contributed by atoms with Gasteiger partial charge in [0.05, 0.1) is 28.9 Å². The van der Waals surface area contributed by atoms with Gasteiger partial charge in [-0.2, -0.15) is 5.10 Å². The number of hydrogen-bond donors (Lipinski definition) is 2. The highest BCUT2D eigenvalue weighted by Crippen LogP contribution is 2.32. The van der Waals surface area contributed by atoms with E-state index in [0.717, 1.165) is 11.8 Å². The maximum Gasteiger partial charge on any atom is 0.285 e. The van der Waals surface area contributed by atoms with Crippen LogP contribution in [0.3, 0.4) is 0 Å². The summed E-state index contributed by atoms with van der Waals surface area (Å²) >= 11 is 6.08. The Kier molecular flexibility index (Phi) is 7.37. The fourth-order valence-corrected chi connectivity index (χ4v) is 5.54. The lowest BCUT2D eigenvalue weighted by Crippen LogP contribution is -2.32. The van der Waals surface area contributed by atoms with Gasteiger partial charge >= 0.3 is 0 Å². The molecule has 0 saturated carbocycles. The first-order valence-corrected chi connectivity index (χ1v) is 14.3. The van der Waals surface area contributed by atoms with E-state index < -0.39 is 22.0 Å². The number of nitrogens with zero attached hydrogens (tertiary/aromatic N) is 4. The van der Waals surface area contributed by atoms with Gasteiger partial charge < -0.3 is 9.73 Å². The molecule has 0 aliphatic rings. The Bertz CT molecular complexity index is 1970. The van der Waals surface area contributed by atoms with Crippen molar-refractivity contribution < 1.29 is 17.6 Å². The second-order valence-corrected chi connectivity index (χ2v) is 11.6. The summed E-state index contributed by atoms with van der Waals surface area (Å²) in [5.74, 6) is -0.581. The molecule has 1 aromatic carbocycles. The number of nitrogens with one attached hydrogen (secondary N) is 2. The molecule has 41 heavy (non-hydrogen) atoms. The lowest BCUT2D eigenvalue weighted by Gasteiger charge is -2.20. The average Bonchev–Trinajstić information content (AvgIpc) is 3.37. The molecule has 0 radical (unpaired) electrons. The maximum atomic E-state index is 13.4. The van der Waals surface area contributed by atoms with Crippen molar-refractivity contribution in [3.63, 3.8) is 0 Å². The quantitative estimate of drug-likeness (QED) is 0.260. The number of aromatic nitrogens is 4. The van der Waals surface area contributed by atoms with Crippen LogP contribution in [0.1, 0.15) is 40.1 Å². The molecule has 0 spiro atoms. The molecular weight excluding hydrogens is 568 g/mol. The molecule has 0 saturated heterocycles. The summed E-state index contributed by atoms with van der Waals surface area (Å²) in [6.45, 7) is 5.40. The van der Waals surface area contributed by atoms with Crippen LogP contribution in [0.15, 0.2) is 75.3 Å². The van der Waals surface area contributed by atoms with Gasteiger partial charge in [0.1, 0.15) is 21.4 Å². The van der Waals surface area contributed by atoms with Gasteiger partial charge in [0.2, 0.25) is 0 Å². The molecule has 0 bridgehead atoms. The summed E-state index contributed by atoms with van der Waals surface area (Å²) in [5.41, 5.74) is 2.78. The van der Waals surface area contributed by atoms with Crippen molar-refractivity contribution in [3.8, 4) is 11.3 Å². The summed E-state index contributed by atoms with van der Waals surface area (Å²) < 4.78 is 35.5. The summed E-state index contributed by atoms with van der Waals surface area (Å²) in [5, 5.41) is 7.81. The van der Waals surface area contributed by atoms with Gasteiger partial charge in [-0.15, -0.1) is 0 Å². The molecule has 4 heterocycles. The highest BCUT2D eigenvalue weighted by Gasteiger charge is 2.25. The van der Waals surface area contributed by atoms with Gasteiger partial charge in [0, 0.05) is 36.8 Å². The van der Waals surface area contributed by atoms with Crippen LogP contribution in [0.25, 0.3) is 22.3 Å². The predicted octanol–water partition coefficient (Wildman–Crippen LogP) is 4.55. The van der Waals surface area contributed by atoms with Crippen LogP contribution in [0.5, 0.6) is 0 Å². The molecule has 1 atom stereocenters. The number of sulfonamides is 1. The number of benzene rings is 1. The minimum Gasteiger partial charge on any atom is -0.455 e. The molecule has 5 rings (SSSR count). The van der Waals surface area contributed by atoms with Crippen LogP contribution in [0.4, 0.5) is 5.69 Å². The van der Waals surface area contributed by atoms with Gasteiger partial charge in [-0.05, 0) is 56.7 Å². The number of anilines is 1. The van der Waals surface area contributed by atoms with Gasteiger partial charge in [0.25, 0.3) is 15.9 Å². The Morgan fingerprint density at radius 3 is 2.61 bits per heavy atom. The Morgan fingerprint density at radius 2 is 1.93 bits per heavy atom. The van der Waals surface area contributed by atoms with Gasteiger partial charge in [-0.25, -0.2) is 18.1 Å². The number of hydrogen-bond acceptors (Lipinski definition) is 9. The highest BCUT2D eigenvalue weighted by atomic mass is 35.5. The summed E-state index contributed by atoms with van der Waals surface area (Å²) in [7, 11) is -2.45. The summed E-state index contributed by atoms with van der Waals surface area (Å²) in [6.07, 6.45) is 5.92. The highest BCUT2D eigenvalue weighted by molar-refractivity contribution is 7.90. The van der Waals surface area contributed by atoms with E-state index in [1.54, 1.807) is 37.1 Å². The topological polar surface area (TPSA) is 149 Å². The first-order valence-electron chi connectivity index (χ1n) is 12.4. The molecule has 1 amide bonds. The minimum atomic E-state index is -4.22. The second-order valence-electron chi connectivity index (χ2n) is 9.54. The Labute approximate surface area is 240 Å². The minimum absolute atomic E-state index is 0.00396. The van der Waals surface area contributed by atoms with Crippen molar-refractivity contribution >= 4 is 44.2 Å². The van der Waals surface area contributed by atoms with Gasteiger partial charge in [-0.1, -0.05) is 17.7 Å². The zero-order valence-electron chi connectivity index (χ0n) is 22.5. The number of carbonyl (C=O) groups is 1. The molecule has 11 nitrogen and oxygen atoms in total. The molecule has 0 unspecified atom stereocenters. The number of aryl methyl sites for hydroxylation is 2. The van der Waals surface area contributed by atoms with E-state index in [2.05, 4.69) is 20.4 Å². The molecule has 0 aliphatic carbocycles. The zero-order chi connectivity index (χ0) is 29.5. The van der Waals surface area contributed by atoms with E-state index in [0.29, 0.717) is 33.4 Å². The van der Waals surface area contributed by atoms with Gasteiger partial charge in [0.15, 0.2) is 11.1 Å². The Morgan fingerprint density at radius 1 is 1.15 bits per heavy atom. The molecule has 0 fully saturated rings. The second kappa shape index (κ2) is 10.8. The molecule has 2 N–H and O–H groups in total. The van der Waals surface area contributed by atoms with E-state index in [9.17, 15) is 18.0 Å². The number of pyridine rings is 2. The normalized spacial score (nSPS) is 12.3. The van der Waals surface area contributed by atoms with Crippen molar-refractivity contribution in [1.82, 2.24) is 24.5 Å². The zero-order valence-corrected chi connectivity index (χ0v) is 24.0. The monoisotopic (exact) mass is 592 g/mol. The number of halogens is 1. The SMILES string of the molecule is Cc1cc([C@@H](C)Nc2ccc(Cl)nc2C(=O)NS(=O)(=O)c2cccnc2)c2oc(-c3cnn(C)c3)c(C)c(=O)c2c1. The van der Waals surface area contributed by atoms with E-state index in [-0.39, 0.29) is 26.9 Å². The molecule has 0 aliphatic heterocycles. The standard InChI is InChI=1S/C28H25ClN6O5S/c1-15-10-20(27-21(11-15)25(36)16(2)26(40-27)18-12-31-35(4)14-18)17(3)32-22-7-8-23(29)33-24(22)28(37)34-41(38,39)19-6-5-9-30-13-19/h5-14,17,32H,1-4H3,(H,34,37)/t17-/m1/s1. The van der Waals surface area contributed by atoms with E-state index in [1.807, 2.05) is 24.6 Å². The van der Waals surface area contributed by atoms with E-state index in [1.165, 1.54) is 30.5 Å². The first-order chi connectivity index (χ1) is 19.4. The summed E-state index contributed by atoms with van der Waals surface area (Å²) in [6, 6.07) is 8.88. The predicted molar refractivity (Wildman–Crippen MR) is 154 cm³/mol. The van der Waals surface area contributed by atoms with Crippen molar-refractivity contribution in [3.05, 3.63) is 98.9 Å². The number of amides is 1. The number of carbonyl (C=O) groups excluding carboxylic acids is 1. The van der Waals surface area contributed by atoms with Crippen LogP contribution in [0.2, 0.25) is 5.15 Å². The molecule has 5 aromatic rings. The van der Waals surface area contributed by atoms with Crippen LogP contribution in [0, 0.1) is 13.8 Å². The fraction of sp³-hybridized carbons (Fsp3) is 0.179. The van der Waals surface area contributed by atoms with Crippen LogP contribution in [-0.4, -0.2) is 34.1 Å². The molecular formula is C28H25ClN6O5S. The van der Waals surface area contributed by atoms with Crippen LogP contribution in [-0.2, 0) is 17.1 Å². The molecule has 13 heteroatoms. The number of rotatable bonds is 7. The Hall–Kier alpha value is -4.55. The average molecular weight is 593 g/mol. The third kappa shape index (κ3) is 5.56. The van der Waals surface area contributed by atoms with Gasteiger partial charge in [-0.3, -0.25) is 19.3 Å². The fourth-order valence-electron chi connectivity index (χ4n) is 4.47. The maximum absolute atomic E-state index is 13.4. The lowest BCUT2D eigenvalue weighted by molar-refractivity contribution is 0.0977. The van der Waals surface area contributed by atoms with Crippen LogP contribution < -0.4 is 15.5 Å². The molecule has 4 aromatic heterocycles. The summed E-state index contributed by atoms with van der Waals surface area (Å²) in [4.78, 5) is 34.2. The van der Waals surface area contributed by atoms with Crippen molar-refractivity contribution in [2.24, 2.45) is 7.05 Å². The first kappa shape index (κ1) is 28.0. The Balaban J connectivity index is 1.55. The lowest BCUT2D eigenvalue weighted by atomic mass is 9.99.